The zero-order chi connectivity index (χ0) is 13.1. The molecule has 100 valence electrons. The van der Waals surface area contributed by atoms with Gasteiger partial charge < -0.3 is 5.73 Å². The van der Waals surface area contributed by atoms with E-state index in [1.807, 2.05) is 12.1 Å². The lowest BCUT2D eigenvalue weighted by molar-refractivity contribution is 0.126. The predicted molar refractivity (Wildman–Crippen MR) is 72.7 cm³/mol. The molecule has 1 fully saturated rings. The number of piperidine rings is 1. The molecule has 0 bridgehead atoms. The second-order valence-electron chi connectivity index (χ2n) is 5.58. The molecular formula is C15H23FN2. The van der Waals surface area contributed by atoms with Crippen LogP contribution in [0.2, 0.25) is 0 Å². The van der Waals surface area contributed by atoms with Gasteiger partial charge >= 0.3 is 0 Å². The van der Waals surface area contributed by atoms with Crippen molar-refractivity contribution in [2.45, 2.75) is 26.8 Å². The maximum atomic E-state index is 13.5. The molecule has 18 heavy (non-hydrogen) atoms. The van der Waals surface area contributed by atoms with Crippen molar-refractivity contribution >= 4 is 0 Å². The van der Waals surface area contributed by atoms with E-state index in [1.165, 1.54) is 6.42 Å². The minimum absolute atomic E-state index is 0.103. The molecule has 0 saturated carbocycles. The number of nitrogens with two attached hydrogens (primary N) is 1. The van der Waals surface area contributed by atoms with Gasteiger partial charge in [-0.2, -0.15) is 0 Å². The van der Waals surface area contributed by atoms with Crippen molar-refractivity contribution in [2.24, 2.45) is 17.6 Å². The number of hydrogen-bond acceptors (Lipinski definition) is 2. The van der Waals surface area contributed by atoms with Crippen LogP contribution in [0, 0.1) is 24.6 Å². The van der Waals surface area contributed by atoms with Gasteiger partial charge in [-0.3, -0.25) is 4.90 Å². The quantitative estimate of drug-likeness (QED) is 0.893. The Balaban J connectivity index is 1.99. The number of nitrogens with zero attached hydrogens (tertiary/aromatic N) is 1. The lowest BCUT2D eigenvalue weighted by Gasteiger charge is -2.36. The average Bonchev–Trinajstić information content (AvgIpc) is 2.36. The zero-order valence-corrected chi connectivity index (χ0v) is 11.3. The summed E-state index contributed by atoms with van der Waals surface area (Å²) in [5.74, 6) is 1.18. The molecule has 2 N–H and O–H groups in total. The van der Waals surface area contributed by atoms with Gasteiger partial charge in [-0.05, 0) is 55.5 Å². The van der Waals surface area contributed by atoms with Gasteiger partial charge in [-0.15, -0.1) is 0 Å². The number of halogens is 1. The van der Waals surface area contributed by atoms with E-state index < -0.39 is 0 Å². The van der Waals surface area contributed by atoms with Crippen LogP contribution in [-0.4, -0.2) is 24.5 Å². The highest BCUT2D eigenvalue weighted by atomic mass is 19.1. The number of likely N-dealkylation sites (tertiary alicyclic amines) is 1. The summed E-state index contributed by atoms with van der Waals surface area (Å²) >= 11 is 0. The van der Waals surface area contributed by atoms with Crippen molar-refractivity contribution in [1.29, 1.82) is 0 Å². The van der Waals surface area contributed by atoms with Gasteiger partial charge in [0.05, 0.1) is 0 Å². The van der Waals surface area contributed by atoms with Crippen LogP contribution in [0.1, 0.15) is 24.5 Å². The second-order valence-corrected chi connectivity index (χ2v) is 5.58. The Hall–Kier alpha value is -0.930. The van der Waals surface area contributed by atoms with Gasteiger partial charge in [0, 0.05) is 13.1 Å². The molecule has 0 radical (unpaired) electrons. The summed E-state index contributed by atoms with van der Waals surface area (Å²) in [5, 5.41) is 0. The standard InChI is InChI=1S/C15H23FN2/c1-11-5-6-18(10-14(11)8-17)9-13-4-3-12(2)15(16)7-13/h3-4,7,11,14H,5-6,8-10,17H2,1-2H3. The van der Waals surface area contributed by atoms with Crippen LogP contribution < -0.4 is 5.73 Å². The minimum Gasteiger partial charge on any atom is -0.330 e. The normalized spacial score (nSPS) is 25.3. The third-order valence-corrected chi connectivity index (χ3v) is 4.14. The highest BCUT2D eigenvalue weighted by molar-refractivity contribution is 5.23. The van der Waals surface area contributed by atoms with Gasteiger partial charge in [-0.1, -0.05) is 19.1 Å². The largest absolute Gasteiger partial charge is 0.330 e. The molecule has 1 heterocycles. The van der Waals surface area contributed by atoms with E-state index in [1.54, 1.807) is 13.0 Å². The molecule has 1 aliphatic rings. The molecule has 2 atom stereocenters. The molecule has 1 aromatic rings. The second kappa shape index (κ2) is 5.81. The fourth-order valence-electron chi connectivity index (χ4n) is 2.67. The van der Waals surface area contributed by atoms with Gasteiger partial charge in [0.2, 0.25) is 0 Å². The van der Waals surface area contributed by atoms with Crippen molar-refractivity contribution in [3.05, 3.63) is 35.1 Å². The van der Waals surface area contributed by atoms with E-state index in [2.05, 4.69) is 11.8 Å². The molecule has 1 aromatic carbocycles. The topological polar surface area (TPSA) is 29.3 Å². The Labute approximate surface area is 109 Å². The van der Waals surface area contributed by atoms with Crippen molar-refractivity contribution in [3.8, 4) is 0 Å². The summed E-state index contributed by atoms with van der Waals surface area (Å²) in [6.07, 6.45) is 1.19. The Morgan fingerprint density at radius 2 is 2.22 bits per heavy atom. The van der Waals surface area contributed by atoms with Crippen molar-refractivity contribution < 1.29 is 4.39 Å². The van der Waals surface area contributed by atoms with E-state index in [9.17, 15) is 4.39 Å². The Bertz CT molecular complexity index is 405. The van der Waals surface area contributed by atoms with Gasteiger partial charge in [0.1, 0.15) is 5.82 Å². The van der Waals surface area contributed by atoms with E-state index in [0.717, 1.165) is 31.7 Å². The summed E-state index contributed by atoms with van der Waals surface area (Å²) < 4.78 is 13.5. The summed E-state index contributed by atoms with van der Waals surface area (Å²) in [6.45, 7) is 7.78. The number of aryl methyl sites for hydroxylation is 1. The highest BCUT2D eigenvalue weighted by Crippen LogP contribution is 2.23. The first-order valence-electron chi connectivity index (χ1n) is 6.77. The maximum Gasteiger partial charge on any atom is 0.126 e. The van der Waals surface area contributed by atoms with Crippen LogP contribution in [0.3, 0.4) is 0 Å². The van der Waals surface area contributed by atoms with Crippen LogP contribution in [-0.2, 0) is 6.54 Å². The van der Waals surface area contributed by atoms with Crippen molar-refractivity contribution in [1.82, 2.24) is 4.90 Å². The fourth-order valence-corrected chi connectivity index (χ4v) is 2.67. The number of rotatable bonds is 3. The number of benzene rings is 1. The molecule has 0 amide bonds. The van der Waals surface area contributed by atoms with E-state index in [-0.39, 0.29) is 5.82 Å². The molecule has 0 spiro atoms. The van der Waals surface area contributed by atoms with Crippen molar-refractivity contribution in [2.75, 3.05) is 19.6 Å². The van der Waals surface area contributed by atoms with Crippen LogP contribution in [0.5, 0.6) is 0 Å². The number of hydrogen-bond donors (Lipinski definition) is 1. The monoisotopic (exact) mass is 250 g/mol. The first-order chi connectivity index (χ1) is 8.60. The van der Waals surface area contributed by atoms with Crippen LogP contribution >= 0.6 is 0 Å². The smallest absolute Gasteiger partial charge is 0.126 e. The van der Waals surface area contributed by atoms with E-state index >= 15 is 0 Å². The van der Waals surface area contributed by atoms with Crippen LogP contribution in [0.15, 0.2) is 18.2 Å². The summed E-state index contributed by atoms with van der Waals surface area (Å²) in [5.41, 5.74) is 7.58. The molecule has 0 aliphatic carbocycles. The Kier molecular flexibility index (Phi) is 4.36. The van der Waals surface area contributed by atoms with Gasteiger partial charge in [0.15, 0.2) is 0 Å². The summed E-state index contributed by atoms with van der Waals surface area (Å²) in [6, 6.07) is 5.54. The zero-order valence-electron chi connectivity index (χ0n) is 11.3. The minimum atomic E-state index is -0.103. The summed E-state index contributed by atoms with van der Waals surface area (Å²) in [4.78, 5) is 2.39. The molecule has 2 unspecified atom stereocenters. The van der Waals surface area contributed by atoms with Gasteiger partial charge in [-0.25, -0.2) is 4.39 Å². The highest BCUT2D eigenvalue weighted by Gasteiger charge is 2.24. The molecule has 1 aliphatic heterocycles. The van der Waals surface area contributed by atoms with E-state index in [0.29, 0.717) is 17.4 Å². The van der Waals surface area contributed by atoms with Crippen LogP contribution in [0.25, 0.3) is 0 Å². The predicted octanol–water partition coefficient (Wildman–Crippen LogP) is 2.55. The molecule has 3 heteroatoms. The molecule has 1 saturated heterocycles. The first-order valence-corrected chi connectivity index (χ1v) is 6.77. The van der Waals surface area contributed by atoms with E-state index in [4.69, 9.17) is 5.73 Å². The lowest BCUT2D eigenvalue weighted by Crippen LogP contribution is -2.42. The lowest BCUT2D eigenvalue weighted by atomic mass is 9.87. The third-order valence-electron chi connectivity index (χ3n) is 4.14. The average molecular weight is 250 g/mol. The Morgan fingerprint density at radius 3 is 2.89 bits per heavy atom. The Morgan fingerprint density at radius 1 is 1.44 bits per heavy atom. The third kappa shape index (κ3) is 3.09. The SMILES string of the molecule is Cc1ccc(CN2CCC(C)C(CN)C2)cc1F. The molecule has 0 aromatic heterocycles. The maximum absolute atomic E-state index is 13.5. The molecule has 2 rings (SSSR count). The molecule has 2 nitrogen and oxygen atoms in total. The first kappa shape index (κ1) is 13.5. The summed E-state index contributed by atoms with van der Waals surface area (Å²) in [7, 11) is 0. The molecular weight excluding hydrogens is 227 g/mol. The van der Waals surface area contributed by atoms with Crippen molar-refractivity contribution in [3.63, 3.8) is 0 Å². The van der Waals surface area contributed by atoms with Gasteiger partial charge in [0.25, 0.3) is 0 Å². The fraction of sp³-hybridized carbons (Fsp3) is 0.600. The van der Waals surface area contributed by atoms with Crippen LogP contribution in [0.4, 0.5) is 4.39 Å².